The highest BCUT2D eigenvalue weighted by molar-refractivity contribution is 7.98. The van der Waals surface area contributed by atoms with Crippen molar-refractivity contribution in [2.24, 2.45) is 4.99 Å². The van der Waals surface area contributed by atoms with Gasteiger partial charge in [-0.25, -0.2) is 4.99 Å². The summed E-state index contributed by atoms with van der Waals surface area (Å²) in [5, 5.41) is 6.73. The van der Waals surface area contributed by atoms with Gasteiger partial charge in [-0.3, -0.25) is 14.6 Å². The zero-order valence-corrected chi connectivity index (χ0v) is 15.4. The molecule has 8 heteroatoms. The predicted octanol–water partition coefficient (Wildman–Crippen LogP) is -1.03. The van der Waals surface area contributed by atoms with E-state index in [1.165, 1.54) is 13.1 Å². The molecule has 132 valence electrons. The second-order valence-corrected chi connectivity index (χ2v) is 7.23. The maximum atomic E-state index is 11.7. The largest absolute Gasteiger partial charge is 0.356 e. The molecule has 1 atom stereocenters. The van der Waals surface area contributed by atoms with Gasteiger partial charge in [-0.15, -0.1) is 0 Å². The maximum absolute atomic E-state index is 11.7. The number of rotatable bonds is 7. The van der Waals surface area contributed by atoms with Crippen LogP contribution in [0.25, 0.3) is 0 Å². The van der Waals surface area contributed by atoms with Gasteiger partial charge < -0.3 is 15.5 Å². The molecule has 2 N–H and O–H groups in total. The van der Waals surface area contributed by atoms with Crippen LogP contribution in [0.4, 0.5) is 0 Å². The minimum Gasteiger partial charge on any atom is -0.356 e. The van der Waals surface area contributed by atoms with Gasteiger partial charge in [0.1, 0.15) is 6.54 Å². The van der Waals surface area contributed by atoms with Gasteiger partial charge in [0.25, 0.3) is 0 Å². The van der Waals surface area contributed by atoms with E-state index in [9.17, 15) is 4.79 Å². The number of amides is 1. The number of nitrogens with one attached hydrogen (secondary N) is 2. The molecule has 2 bridgehead atoms. The highest BCUT2D eigenvalue weighted by Gasteiger charge is 2.31. The van der Waals surface area contributed by atoms with Crippen LogP contribution in [0.2, 0.25) is 0 Å². The standard InChI is InChI=1S/C15H30N6OS/c1-19(2)14(22)11-18-15(16-4-9-23-3)17-10-13-12-20-5-7-21(13)8-6-20/h13H,4-12H2,1-3H3,(H2,16,17,18). The van der Waals surface area contributed by atoms with Crippen molar-refractivity contribution in [1.29, 1.82) is 0 Å². The first-order valence-electron chi connectivity index (χ1n) is 8.28. The number of carbonyl (C=O) groups is 1. The first-order valence-corrected chi connectivity index (χ1v) is 9.67. The smallest absolute Gasteiger partial charge is 0.243 e. The maximum Gasteiger partial charge on any atom is 0.243 e. The average Bonchev–Trinajstić information content (AvgIpc) is 2.57. The molecule has 0 spiro atoms. The minimum absolute atomic E-state index is 0.0163. The Kier molecular flexibility index (Phi) is 7.45. The third kappa shape index (κ3) is 5.86. The number of aliphatic imine (C=N–C) groups is 1. The number of carbonyl (C=O) groups excluding carboxylic acids is 1. The lowest BCUT2D eigenvalue weighted by Crippen LogP contribution is -2.63. The van der Waals surface area contributed by atoms with Crippen LogP contribution in [0.1, 0.15) is 0 Å². The van der Waals surface area contributed by atoms with Crippen molar-refractivity contribution in [1.82, 2.24) is 25.3 Å². The molecule has 0 aliphatic carbocycles. The summed E-state index contributed by atoms with van der Waals surface area (Å²) in [6.07, 6.45) is 2.09. The van der Waals surface area contributed by atoms with Crippen LogP contribution < -0.4 is 10.6 Å². The lowest BCUT2D eigenvalue weighted by atomic mass is 10.1. The Morgan fingerprint density at radius 3 is 2.57 bits per heavy atom. The molecule has 3 saturated heterocycles. The summed E-state index contributed by atoms with van der Waals surface area (Å²) in [7, 11) is 3.51. The Balaban J connectivity index is 1.83. The van der Waals surface area contributed by atoms with Crippen LogP contribution in [0.3, 0.4) is 0 Å². The van der Waals surface area contributed by atoms with Gasteiger partial charge >= 0.3 is 0 Å². The number of hydrogen-bond acceptors (Lipinski definition) is 5. The molecule has 0 radical (unpaired) electrons. The minimum atomic E-state index is 0.0163. The summed E-state index contributed by atoms with van der Waals surface area (Å²) < 4.78 is 0. The van der Waals surface area contributed by atoms with E-state index in [1.807, 2.05) is 0 Å². The zero-order valence-electron chi connectivity index (χ0n) is 14.5. The Morgan fingerprint density at radius 1 is 1.26 bits per heavy atom. The van der Waals surface area contributed by atoms with E-state index in [-0.39, 0.29) is 12.5 Å². The molecule has 3 aliphatic rings. The normalized spacial score (nSPS) is 26.9. The zero-order chi connectivity index (χ0) is 16.7. The molecule has 0 aromatic rings. The summed E-state index contributed by atoms with van der Waals surface area (Å²) in [4.78, 5) is 22.8. The van der Waals surface area contributed by atoms with Gasteiger partial charge in [0.05, 0.1) is 0 Å². The van der Waals surface area contributed by atoms with Gasteiger partial charge in [0, 0.05) is 71.7 Å². The second kappa shape index (κ2) is 9.34. The van der Waals surface area contributed by atoms with Crippen molar-refractivity contribution < 1.29 is 4.79 Å². The number of guanidine groups is 1. The summed E-state index contributed by atoms with van der Waals surface area (Å²) in [6, 6.07) is 0.537. The molecule has 1 unspecified atom stereocenters. The number of thioether (sulfide) groups is 1. The first-order chi connectivity index (χ1) is 11.1. The van der Waals surface area contributed by atoms with E-state index < -0.39 is 0 Å². The van der Waals surface area contributed by atoms with Crippen LogP contribution in [0.5, 0.6) is 0 Å². The van der Waals surface area contributed by atoms with Crippen molar-refractivity contribution in [3.05, 3.63) is 0 Å². The van der Waals surface area contributed by atoms with Gasteiger partial charge in [0.15, 0.2) is 5.96 Å². The van der Waals surface area contributed by atoms with E-state index in [4.69, 9.17) is 0 Å². The monoisotopic (exact) mass is 342 g/mol. The third-order valence-corrected chi connectivity index (χ3v) is 4.98. The van der Waals surface area contributed by atoms with Crippen LogP contribution >= 0.6 is 11.8 Å². The number of hydrogen-bond donors (Lipinski definition) is 2. The van der Waals surface area contributed by atoms with Crippen molar-refractivity contribution in [2.45, 2.75) is 6.04 Å². The number of fused-ring (bicyclic) bond motifs is 3. The SMILES string of the molecule is CSCCNC(=NCC(=O)N(C)C)NCC1CN2CCN1CC2. The molecule has 3 heterocycles. The van der Waals surface area contributed by atoms with Crippen molar-refractivity contribution >= 4 is 23.6 Å². The first kappa shape index (κ1) is 18.4. The quantitative estimate of drug-likeness (QED) is 0.351. The Bertz CT molecular complexity index is 409. The van der Waals surface area contributed by atoms with Gasteiger partial charge in [-0.1, -0.05) is 0 Å². The molecule has 7 nitrogen and oxygen atoms in total. The highest BCUT2D eigenvalue weighted by atomic mass is 32.2. The fourth-order valence-corrected chi connectivity index (χ4v) is 3.17. The highest BCUT2D eigenvalue weighted by Crippen LogP contribution is 2.14. The van der Waals surface area contributed by atoms with Gasteiger partial charge in [0.2, 0.25) is 5.91 Å². The van der Waals surface area contributed by atoms with E-state index in [2.05, 4.69) is 31.7 Å². The summed E-state index contributed by atoms with van der Waals surface area (Å²) in [5.74, 6) is 1.78. The molecule has 23 heavy (non-hydrogen) atoms. The molecule has 3 aliphatic heterocycles. The molecule has 3 rings (SSSR count). The van der Waals surface area contributed by atoms with E-state index >= 15 is 0 Å². The summed E-state index contributed by atoms with van der Waals surface area (Å²) >= 11 is 1.79. The molecule has 0 saturated carbocycles. The number of nitrogens with zero attached hydrogens (tertiary/aromatic N) is 4. The fourth-order valence-electron chi connectivity index (χ4n) is 2.87. The van der Waals surface area contributed by atoms with E-state index in [0.29, 0.717) is 6.04 Å². The van der Waals surface area contributed by atoms with Crippen molar-refractivity contribution in [3.63, 3.8) is 0 Å². The second-order valence-electron chi connectivity index (χ2n) is 6.24. The Morgan fingerprint density at radius 2 is 2.00 bits per heavy atom. The molecule has 1 amide bonds. The topological polar surface area (TPSA) is 63.2 Å². The molecular formula is C15H30N6OS. The van der Waals surface area contributed by atoms with Crippen molar-refractivity contribution in [2.75, 3.05) is 78.5 Å². The number of likely N-dealkylation sites (N-methyl/N-ethyl adjacent to an activating group) is 1. The average molecular weight is 343 g/mol. The molecule has 0 aromatic carbocycles. The summed E-state index contributed by atoms with van der Waals surface area (Å²) in [5.41, 5.74) is 0. The summed E-state index contributed by atoms with van der Waals surface area (Å²) in [6.45, 7) is 7.75. The lowest BCUT2D eigenvalue weighted by Gasteiger charge is -2.47. The number of piperazine rings is 3. The molecule has 0 aromatic heterocycles. The fraction of sp³-hybridized carbons (Fsp3) is 0.867. The lowest BCUT2D eigenvalue weighted by molar-refractivity contribution is -0.127. The van der Waals surface area contributed by atoms with Crippen LogP contribution in [0.15, 0.2) is 4.99 Å². The van der Waals surface area contributed by atoms with E-state index in [1.54, 1.807) is 30.8 Å². The molecular weight excluding hydrogens is 312 g/mol. The van der Waals surface area contributed by atoms with E-state index in [0.717, 1.165) is 44.4 Å². The van der Waals surface area contributed by atoms with Crippen LogP contribution in [0, 0.1) is 0 Å². The van der Waals surface area contributed by atoms with Crippen molar-refractivity contribution in [3.8, 4) is 0 Å². The van der Waals surface area contributed by atoms with Crippen LogP contribution in [-0.4, -0.2) is 111 Å². The Hall–Kier alpha value is -0.990. The molecule has 3 fully saturated rings. The van der Waals surface area contributed by atoms with Crippen LogP contribution in [-0.2, 0) is 4.79 Å². The Labute approximate surface area is 143 Å². The third-order valence-electron chi connectivity index (χ3n) is 4.37. The predicted molar refractivity (Wildman–Crippen MR) is 97.2 cm³/mol. The van der Waals surface area contributed by atoms with Gasteiger partial charge in [-0.2, -0.15) is 11.8 Å². The van der Waals surface area contributed by atoms with Gasteiger partial charge in [-0.05, 0) is 6.26 Å².